The Bertz CT molecular complexity index is 1270. The van der Waals surface area contributed by atoms with Crippen molar-refractivity contribution in [1.82, 2.24) is 29.2 Å². The summed E-state index contributed by atoms with van der Waals surface area (Å²) in [6.07, 6.45) is 10.1. The number of anilines is 3. The van der Waals surface area contributed by atoms with E-state index in [4.69, 9.17) is 0 Å². The van der Waals surface area contributed by atoms with Crippen LogP contribution in [0.5, 0.6) is 0 Å². The average Bonchev–Trinajstić information content (AvgIpc) is 3.71. The number of carbonyl (C=O) groups excluding carboxylic acids is 2. The Morgan fingerprint density at radius 2 is 1.54 bits per heavy atom. The van der Waals surface area contributed by atoms with Crippen LogP contribution >= 0.6 is 0 Å². The van der Waals surface area contributed by atoms with Crippen molar-refractivity contribution in [3.63, 3.8) is 0 Å². The van der Waals surface area contributed by atoms with Crippen LogP contribution < -0.4 is 10.6 Å². The summed E-state index contributed by atoms with van der Waals surface area (Å²) in [5.41, 5.74) is 1.73. The van der Waals surface area contributed by atoms with Crippen LogP contribution in [-0.2, 0) is 0 Å². The number of carbonyl (C=O) groups is 2. The third kappa shape index (κ3) is 5.11. The van der Waals surface area contributed by atoms with Crippen LogP contribution in [0.15, 0.2) is 42.9 Å². The predicted octanol–water partition coefficient (Wildman–Crippen LogP) is 4.33. The summed E-state index contributed by atoms with van der Waals surface area (Å²) >= 11 is 0. The van der Waals surface area contributed by atoms with Crippen molar-refractivity contribution in [1.29, 1.82) is 0 Å². The highest BCUT2D eigenvalue weighted by molar-refractivity contribution is 5.93. The van der Waals surface area contributed by atoms with E-state index in [9.17, 15) is 9.59 Å². The third-order valence-corrected chi connectivity index (χ3v) is 7.86. The first-order valence-electron chi connectivity index (χ1n) is 13.4. The smallest absolute Gasteiger partial charge is 0.328 e. The molecule has 0 saturated carbocycles. The van der Waals surface area contributed by atoms with E-state index in [1.165, 1.54) is 32.3 Å². The molecule has 3 aromatic rings. The Hall–Kier alpha value is -3.66. The molecule has 6 rings (SSSR count). The second kappa shape index (κ2) is 10.4. The molecule has 37 heavy (non-hydrogen) atoms. The van der Waals surface area contributed by atoms with Gasteiger partial charge in [-0.1, -0.05) is 0 Å². The van der Waals surface area contributed by atoms with Gasteiger partial charge in [-0.2, -0.15) is 0 Å². The molecule has 0 radical (unpaired) electrons. The number of aromatic nitrogens is 3. The van der Waals surface area contributed by atoms with Crippen LogP contribution in [0.25, 0.3) is 10.9 Å². The Labute approximate surface area is 216 Å². The molecular weight excluding hydrogens is 468 g/mol. The monoisotopic (exact) mass is 502 g/mol. The molecule has 3 fully saturated rings. The van der Waals surface area contributed by atoms with E-state index in [-0.39, 0.29) is 12.1 Å². The number of benzene rings is 1. The number of piperidine rings is 1. The van der Waals surface area contributed by atoms with E-state index >= 15 is 0 Å². The molecule has 3 aliphatic rings. The van der Waals surface area contributed by atoms with Crippen LogP contribution in [-0.4, -0.2) is 86.6 Å². The second-order valence-electron chi connectivity index (χ2n) is 10.2. The maximum Gasteiger partial charge on any atom is 0.328 e. The molecule has 0 spiro atoms. The lowest BCUT2D eigenvalue weighted by molar-refractivity contribution is 0.140. The number of hydrogen-bond donors (Lipinski definition) is 2. The zero-order valence-electron chi connectivity index (χ0n) is 21.1. The summed E-state index contributed by atoms with van der Waals surface area (Å²) in [5, 5.41) is 7.19. The lowest BCUT2D eigenvalue weighted by atomic mass is 10.0. The lowest BCUT2D eigenvalue weighted by Crippen LogP contribution is -2.47. The van der Waals surface area contributed by atoms with Crippen LogP contribution in [0.2, 0.25) is 0 Å². The lowest BCUT2D eigenvalue weighted by Gasteiger charge is -2.36. The topological polar surface area (TPSA) is 98.6 Å². The molecule has 0 bridgehead atoms. The zero-order valence-corrected chi connectivity index (χ0v) is 21.1. The van der Waals surface area contributed by atoms with Gasteiger partial charge in [0.25, 0.3) is 0 Å². The molecule has 10 heteroatoms. The van der Waals surface area contributed by atoms with E-state index < -0.39 is 0 Å². The van der Waals surface area contributed by atoms with Crippen molar-refractivity contribution < 1.29 is 9.59 Å². The molecule has 5 heterocycles. The number of likely N-dealkylation sites (tertiary alicyclic amines) is 3. The number of amides is 3. The van der Waals surface area contributed by atoms with Crippen molar-refractivity contribution in [3.8, 4) is 0 Å². The molecule has 3 amide bonds. The van der Waals surface area contributed by atoms with Gasteiger partial charge in [-0.15, -0.1) is 0 Å². The first-order valence-corrected chi connectivity index (χ1v) is 13.4. The van der Waals surface area contributed by atoms with Gasteiger partial charge in [-0.3, -0.25) is 9.88 Å². The number of urea groups is 1. The van der Waals surface area contributed by atoms with Crippen molar-refractivity contribution in [2.24, 2.45) is 0 Å². The highest BCUT2D eigenvalue weighted by Crippen LogP contribution is 2.25. The van der Waals surface area contributed by atoms with Crippen molar-refractivity contribution in [2.75, 3.05) is 49.9 Å². The molecule has 10 nitrogen and oxygen atoms in total. The molecule has 3 aliphatic heterocycles. The highest BCUT2D eigenvalue weighted by Gasteiger charge is 2.28. The highest BCUT2D eigenvalue weighted by atomic mass is 16.2. The van der Waals surface area contributed by atoms with Crippen LogP contribution in [0, 0.1) is 0 Å². The van der Waals surface area contributed by atoms with E-state index in [0.717, 1.165) is 68.5 Å². The fourth-order valence-electron chi connectivity index (χ4n) is 5.82. The van der Waals surface area contributed by atoms with Gasteiger partial charge in [0.15, 0.2) is 0 Å². The van der Waals surface area contributed by atoms with Gasteiger partial charge in [0.05, 0.1) is 5.52 Å². The van der Waals surface area contributed by atoms with Crippen molar-refractivity contribution in [3.05, 3.63) is 42.9 Å². The van der Waals surface area contributed by atoms with Gasteiger partial charge < -0.3 is 20.0 Å². The summed E-state index contributed by atoms with van der Waals surface area (Å²) < 4.78 is 1.72. The fourth-order valence-corrected chi connectivity index (χ4v) is 5.82. The van der Waals surface area contributed by atoms with Gasteiger partial charge >= 0.3 is 12.1 Å². The van der Waals surface area contributed by atoms with Gasteiger partial charge in [0.1, 0.15) is 18.0 Å². The van der Waals surface area contributed by atoms with Gasteiger partial charge in [0.2, 0.25) is 0 Å². The molecule has 194 valence electrons. The molecule has 0 aliphatic carbocycles. The average molecular weight is 503 g/mol. The van der Waals surface area contributed by atoms with Crippen LogP contribution in [0.4, 0.5) is 26.9 Å². The standard InChI is InChI=1S/C27H34N8O2/c36-26(33-14-8-22(9-15-33)32-10-1-2-11-32)31-25-18-24(28-19-29-25)30-21-5-6-23-20(17-21)7-16-35(23)27(37)34-12-3-4-13-34/h5-7,16-19,22H,1-4,8-15H2,(H2,28,29,30,31,36). The summed E-state index contributed by atoms with van der Waals surface area (Å²) in [5.74, 6) is 1.05. The molecule has 0 atom stereocenters. The molecular formula is C27H34N8O2. The van der Waals surface area contributed by atoms with Gasteiger partial charge in [-0.25, -0.2) is 19.6 Å². The van der Waals surface area contributed by atoms with E-state index in [2.05, 4.69) is 25.5 Å². The zero-order chi connectivity index (χ0) is 25.2. The molecule has 2 aromatic heterocycles. The molecule has 2 N–H and O–H groups in total. The van der Waals surface area contributed by atoms with Crippen molar-refractivity contribution >= 4 is 40.3 Å². The molecule has 3 saturated heterocycles. The van der Waals surface area contributed by atoms with Crippen molar-refractivity contribution in [2.45, 2.75) is 44.6 Å². The number of nitrogens with one attached hydrogen (secondary N) is 2. The molecule has 0 unspecified atom stereocenters. The van der Waals surface area contributed by atoms with Crippen LogP contribution in [0.3, 0.4) is 0 Å². The normalized spacial score (nSPS) is 19.0. The summed E-state index contributed by atoms with van der Waals surface area (Å²) in [4.78, 5) is 40.6. The first kappa shape index (κ1) is 23.7. The summed E-state index contributed by atoms with van der Waals surface area (Å²) in [6.45, 7) is 5.57. The fraction of sp³-hybridized carbons (Fsp3) is 0.481. The van der Waals surface area contributed by atoms with Gasteiger partial charge in [-0.05, 0) is 75.9 Å². The minimum absolute atomic E-state index is 0.0321. The summed E-state index contributed by atoms with van der Waals surface area (Å²) in [6, 6.07) is 10.1. The van der Waals surface area contributed by atoms with E-state index in [1.54, 1.807) is 10.6 Å². The number of fused-ring (bicyclic) bond motifs is 1. The minimum Gasteiger partial charge on any atom is -0.340 e. The van der Waals surface area contributed by atoms with Crippen LogP contribution in [0.1, 0.15) is 38.5 Å². The predicted molar refractivity (Wildman–Crippen MR) is 143 cm³/mol. The first-order chi connectivity index (χ1) is 18.1. The number of nitrogens with zero attached hydrogens (tertiary/aromatic N) is 6. The molecule has 1 aromatic carbocycles. The Balaban J connectivity index is 1.07. The Kier molecular flexibility index (Phi) is 6.65. The maximum absolute atomic E-state index is 12.9. The van der Waals surface area contributed by atoms with Gasteiger partial charge in [0, 0.05) is 55.6 Å². The van der Waals surface area contributed by atoms with E-state index in [1.807, 2.05) is 40.3 Å². The second-order valence-corrected chi connectivity index (χ2v) is 10.2. The Morgan fingerprint density at radius 1 is 0.811 bits per heavy atom. The number of rotatable bonds is 4. The van der Waals surface area contributed by atoms with E-state index in [0.29, 0.717) is 17.7 Å². The largest absolute Gasteiger partial charge is 0.340 e. The maximum atomic E-state index is 12.9. The third-order valence-electron chi connectivity index (χ3n) is 7.86. The minimum atomic E-state index is -0.116. The Morgan fingerprint density at radius 3 is 2.32 bits per heavy atom. The quantitative estimate of drug-likeness (QED) is 0.551. The number of hydrogen-bond acceptors (Lipinski definition) is 6. The SMILES string of the molecule is O=C(Nc1cc(Nc2ccc3c(ccn3C(=O)N3CCCC3)c2)ncn1)N1CCC(N2CCCC2)CC1. The summed E-state index contributed by atoms with van der Waals surface area (Å²) in [7, 11) is 0.